The number of ether oxygens (including phenoxy) is 2. The summed E-state index contributed by atoms with van der Waals surface area (Å²) in [6, 6.07) is 6.83. The highest BCUT2D eigenvalue weighted by atomic mass is 32.2. The van der Waals surface area contributed by atoms with Crippen molar-refractivity contribution in [2.45, 2.75) is 25.4 Å². The van der Waals surface area contributed by atoms with Crippen molar-refractivity contribution in [3.05, 3.63) is 50.6 Å². The van der Waals surface area contributed by atoms with Gasteiger partial charge in [-0.15, -0.1) is 11.3 Å². The maximum absolute atomic E-state index is 12.2. The first-order chi connectivity index (χ1) is 13.0. The summed E-state index contributed by atoms with van der Waals surface area (Å²) < 4.78 is 10.3. The van der Waals surface area contributed by atoms with Crippen LogP contribution in [0.15, 0.2) is 34.2 Å². The van der Waals surface area contributed by atoms with Crippen molar-refractivity contribution < 1.29 is 14.3 Å². The number of aromatic nitrogens is 2. The molecule has 0 fully saturated rings. The molecule has 0 aliphatic heterocycles. The standard InChI is InChI=1S/C19H20N2O4S2/c1-11-12(2)27-17-15(11)16(22)20-19(21-17)26-10-4-9-25-14-7-5-13(6-8-14)18(23)24-3/h5-8H,4,9-10H2,1-3H3,(H,20,21,22). The average Bonchev–Trinajstić information content (AvgIpc) is 2.95. The molecule has 0 amide bonds. The predicted molar refractivity (Wildman–Crippen MR) is 108 cm³/mol. The minimum absolute atomic E-state index is 0.0775. The van der Waals surface area contributed by atoms with Crippen LogP contribution in [0, 0.1) is 13.8 Å². The number of methoxy groups -OCH3 is 1. The highest BCUT2D eigenvalue weighted by molar-refractivity contribution is 7.99. The van der Waals surface area contributed by atoms with Gasteiger partial charge in [0.2, 0.25) is 0 Å². The predicted octanol–water partition coefficient (Wildman–Crippen LogP) is 3.95. The van der Waals surface area contributed by atoms with E-state index in [9.17, 15) is 9.59 Å². The molecule has 0 aliphatic rings. The van der Waals surface area contributed by atoms with Crippen molar-refractivity contribution in [3.63, 3.8) is 0 Å². The first-order valence-electron chi connectivity index (χ1n) is 8.43. The zero-order chi connectivity index (χ0) is 19.4. The molecule has 0 bridgehead atoms. The van der Waals surface area contributed by atoms with Gasteiger partial charge in [0.1, 0.15) is 10.6 Å². The molecule has 1 aromatic carbocycles. The number of nitrogens with one attached hydrogen (secondary N) is 1. The smallest absolute Gasteiger partial charge is 0.337 e. The second-order valence-corrected chi connectivity index (χ2v) is 8.19. The molecular formula is C19H20N2O4S2. The molecule has 142 valence electrons. The minimum Gasteiger partial charge on any atom is -0.494 e. The Morgan fingerprint density at radius 3 is 2.70 bits per heavy atom. The number of fused-ring (bicyclic) bond motifs is 1. The maximum Gasteiger partial charge on any atom is 0.337 e. The van der Waals surface area contributed by atoms with Crippen LogP contribution < -0.4 is 10.3 Å². The van der Waals surface area contributed by atoms with Crippen LogP contribution >= 0.6 is 23.1 Å². The zero-order valence-corrected chi connectivity index (χ0v) is 17.0. The summed E-state index contributed by atoms with van der Waals surface area (Å²) in [6.45, 7) is 4.49. The fourth-order valence-electron chi connectivity index (χ4n) is 2.53. The van der Waals surface area contributed by atoms with E-state index < -0.39 is 0 Å². The van der Waals surface area contributed by atoms with E-state index >= 15 is 0 Å². The van der Waals surface area contributed by atoms with Crippen molar-refractivity contribution in [1.29, 1.82) is 0 Å². The van der Waals surface area contributed by atoms with Crippen LogP contribution in [0.4, 0.5) is 0 Å². The van der Waals surface area contributed by atoms with Crippen molar-refractivity contribution >= 4 is 39.3 Å². The number of nitrogens with zero attached hydrogens (tertiary/aromatic N) is 1. The lowest BCUT2D eigenvalue weighted by Gasteiger charge is -2.06. The number of rotatable bonds is 7. The molecule has 6 nitrogen and oxygen atoms in total. The average molecular weight is 405 g/mol. The van der Waals surface area contributed by atoms with E-state index in [1.54, 1.807) is 35.6 Å². The number of esters is 1. The van der Waals surface area contributed by atoms with E-state index in [0.29, 0.717) is 28.5 Å². The van der Waals surface area contributed by atoms with Crippen LogP contribution in [0.25, 0.3) is 10.2 Å². The second-order valence-electron chi connectivity index (χ2n) is 5.90. The van der Waals surface area contributed by atoms with E-state index in [1.807, 2.05) is 13.8 Å². The number of hydrogen-bond acceptors (Lipinski definition) is 7. The monoisotopic (exact) mass is 404 g/mol. The molecule has 0 radical (unpaired) electrons. The molecule has 3 aromatic rings. The lowest BCUT2D eigenvalue weighted by atomic mass is 10.2. The third kappa shape index (κ3) is 4.51. The van der Waals surface area contributed by atoms with Gasteiger partial charge in [0, 0.05) is 10.6 Å². The molecule has 0 saturated heterocycles. The molecule has 3 rings (SSSR count). The molecule has 0 atom stereocenters. The van der Waals surface area contributed by atoms with E-state index in [2.05, 4.69) is 14.7 Å². The molecule has 0 unspecified atom stereocenters. The van der Waals surface area contributed by atoms with Gasteiger partial charge in [0.05, 0.1) is 24.7 Å². The van der Waals surface area contributed by atoms with Gasteiger partial charge in [0.25, 0.3) is 5.56 Å². The molecule has 0 aliphatic carbocycles. The maximum atomic E-state index is 12.2. The minimum atomic E-state index is -0.368. The summed E-state index contributed by atoms with van der Waals surface area (Å²) in [7, 11) is 1.35. The van der Waals surface area contributed by atoms with Gasteiger partial charge in [-0.25, -0.2) is 9.78 Å². The van der Waals surface area contributed by atoms with E-state index in [4.69, 9.17) is 4.74 Å². The number of thiophene rings is 1. The number of thioether (sulfide) groups is 1. The quantitative estimate of drug-likeness (QED) is 0.278. The van der Waals surface area contributed by atoms with E-state index in [1.165, 1.54) is 18.9 Å². The number of aromatic amines is 1. The number of benzene rings is 1. The van der Waals surface area contributed by atoms with Gasteiger partial charge in [0.15, 0.2) is 5.16 Å². The molecule has 2 heterocycles. The largest absolute Gasteiger partial charge is 0.494 e. The summed E-state index contributed by atoms with van der Waals surface area (Å²) in [4.78, 5) is 32.9. The Labute approximate surface area is 164 Å². The highest BCUT2D eigenvalue weighted by Gasteiger charge is 2.12. The Morgan fingerprint density at radius 2 is 2.00 bits per heavy atom. The summed E-state index contributed by atoms with van der Waals surface area (Å²) >= 11 is 3.06. The van der Waals surface area contributed by atoms with Gasteiger partial charge in [-0.1, -0.05) is 11.8 Å². The van der Waals surface area contributed by atoms with Crippen LogP contribution in [0.5, 0.6) is 5.75 Å². The highest BCUT2D eigenvalue weighted by Crippen LogP contribution is 2.27. The second kappa shape index (κ2) is 8.58. The Hall–Kier alpha value is -2.32. The van der Waals surface area contributed by atoms with Crippen molar-refractivity contribution in [2.75, 3.05) is 19.5 Å². The van der Waals surface area contributed by atoms with Crippen molar-refractivity contribution in [3.8, 4) is 5.75 Å². The Balaban J connectivity index is 1.50. The first kappa shape index (κ1) is 19.4. The summed E-state index contributed by atoms with van der Waals surface area (Å²) in [5, 5.41) is 1.33. The molecule has 0 saturated carbocycles. The molecule has 8 heteroatoms. The van der Waals surface area contributed by atoms with Gasteiger partial charge in [-0.05, 0) is 50.1 Å². The number of carbonyl (C=O) groups is 1. The number of aryl methyl sites for hydroxylation is 2. The van der Waals surface area contributed by atoms with Crippen LogP contribution in [0.1, 0.15) is 27.2 Å². The Kier molecular flexibility index (Phi) is 6.18. The van der Waals surface area contributed by atoms with Gasteiger partial charge in [-0.2, -0.15) is 0 Å². The third-order valence-corrected chi connectivity index (χ3v) is 6.15. The van der Waals surface area contributed by atoms with Crippen LogP contribution in [0.2, 0.25) is 0 Å². The van der Waals surface area contributed by atoms with Crippen LogP contribution in [-0.2, 0) is 4.74 Å². The lowest BCUT2D eigenvalue weighted by Crippen LogP contribution is -2.09. The molecular weight excluding hydrogens is 384 g/mol. The van der Waals surface area contributed by atoms with Gasteiger partial charge >= 0.3 is 5.97 Å². The Bertz CT molecular complexity index is 1010. The number of hydrogen-bond donors (Lipinski definition) is 1. The van der Waals surface area contributed by atoms with Gasteiger partial charge in [-0.3, -0.25) is 4.79 Å². The fraction of sp³-hybridized carbons (Fsp3) is 0.316. The molecule has 0 spiro atoms. The van der Waals surface area contributed by atoms with Crippen LogP contribution in [0.3, 0.4) is 0 Å². The van der Waals surface area contributed by atoms with Crippen molar-refractivity contribution in [2.24, 2.45) is 0 Å². The first-order valence-corrected chi connectivity index (χ1v) is 10.2. The number of carbonyl (C=O) groups excluding carboxylic acids is 1. The summed E-state index contributed by atoms with van der Waals surface area (Å²) in [5.74, 6) is 1.11. The summed E-state index contributed by atoms with van der Waals surface area (Å²) in [5.41, 5.74) is 1.42. The lowest BCUT2D eigenvalue weighted by molar-refractivity contribution is 0.0600. The SMILES string of the molecule is COC(=O)c1ccc(OCCCSc2nc3sc(C)c(C)c3c(=O)[nH]2)cc1. The van der Waals surface area contributed by atoms with E-state index in [0.717, 1.165) is 27.4 Å². The molecule has 27 heavy (non-hydrogen) atoms. The van der Waals surface area contributed by atoms with Crippen LogP contribution in [-0.4, -0.2) is 35.4 Å². The molecule has 1 N–H and O–H groups in total. The zero-order valence-electron chi connectivity index (χ0n) is 15.3. The van der Waals surface area contributed by atoms with Crippen molar-refractivity contribution in [1.82, 2.24) is 9.97 Å². The number of H-pyrrole nitrogens is 1. The Morgan fingerprint density at radius 1 is 1.26 bits per heavy atom. The third-order valence-electron chi connectivity index (χ3n) is 4.09. The molecule has 2 aromatic heterocycles. The van der Waals surface area contributed by atoms with Gasteiger partial charge < -0.3 is 14.5 Å². The topological polar surface area (TPSA) is 81.3 Å². The normalized spacial score (nSPS) is 10.9. The fourth-order valence-corrected chi connectivity index (χ4v) is 4.39. The summed E-state index contributed by atoms with van der Waals surface area (Å²) in [6.07, 6.45) is 0.799. The van der Waals surface area contributed by atoms with E-state index in [-0.39, 0.29) is 11.5 Å².